The maximum absolute atomic E-state index is 11.8. The zero-order chi connectivity index (χ0) is 15.5. The zero-order valence-electron chi connectivity index (χ0n) is 11.9. The number of piperidine rings is 1. The Hall–Kier alpha value is -1.76. The van der Waals surface area contributed by atoms with E-state index < -0.39 is 21.2 Å². The van der Waals surface area contributed by atoms with Crippen LogP contribution in [0.5, 0.6) is 0 Å². The molecule has 1 aliphatic heterocycles. The fraction of sp³-hybridized carbons (Fsp3) is 0.500. The summed E-state index contributed by atoms with van der Waals surface area (Å²) < 4.78 is 26.0. The predicted octanol–water partition coefficient (Wildman–Crippen LogP) is 1.89. The zero-order valence-corrected chi connectivity index (χ0v) is 12.8. The molecule has 1 fully saturated rings. The molecule has 0 aliphatic carbocycles. The van der Waals surface area contributed by atoms with Gasteiger partial charge in [0.25, 0.3) is 0 Å². The number of carbonyl (C=O) groups is 1. The minimum Gasteiger partial charge on any atom is -0.480 e. The third-order valence-corrected chi connectivity index (χ3v) is 5.31. The van der Waals surface area contributed by atoms with E-state index in [-0.39, 0.29) is 0 Å². The van der Waals surface area contributed by atoms with Crippen LogP contribution in [0.4, 0.5) is 11.4 Å². The summed E-state index contributed by atoms with van der Waals surface area (Å²) in [4.78, 5) is 13.0. The number of anilines is 2. The lowest BCUT2D eigenvalue weighted by Crippen LogP contribution is -2.32. The van der Waals surface area contributed by atoms with Crippen LogP contribution in [-0.2, 0) is 14.8 Å². The number of nitrogens with one attached hydrogen (secondary N) is 1. The number of sulfonamides is 1. The minimum atomic E-state index is -3.91. The molecule has 6 nitrogen and oxygen atoms in total. The minimum absolute atomic E-state index is 0.379. The number of aliphatic carboxylic acids is 1. The summed E-state index contributed by atoms with van der Waals surface area (Å²) in [5, 5.41) is 7.30. The van der Waals surface area contributed by atoms with E-state index in [1.54, 1.807) is 12.1 Å². The number of carboxylic acids is 1. The van der Waals surface area contributed by atoms with Gasteiger partial charge in [0.1, 0.15) is 0 Å². The Bertz CT molecular complexity index is 592. The highest BCUT2D eigenvalue weighted by Gasteiger charge is 2.27. The van der Waals surface area contributed by atoms with Crippen LogP contribution in [0, 0.1) is 0 Å². The van der Waals surface area contributed by atoms with Gasteiger partial charge in [-0.15, -0.1) is 0 Å². The van der Waals surface area contributed by atoms with Crippen molar-refractivity contribution in [1.82, 2.24) is 0 Å². The van der Waals surface area contributed by atoms with Crippen LogP contribution < -0.4 is 9.62 Å². The average Bonchev–Trinajstić information content (AvgIpc) is 2.47. The van der Waals surface area contributed by atoms with Crippen molar-refractivity contribution in [3.63, 3.8) is 0 Å². The molecule has 1 saturated heterocycles. The maximum atomic E-state index is 11.8. The second kappa shape index (κ2) is 6.34. The number of nitrogens with zero attached hydrogens (tertiary/aromatic N) is 1. The number of hydrogen-bond donors (Lipinski definition) is 2. The fourth-order valence-corrected chi connectivity index (χ4v) is 3.18. The highest BCUT2D eigenvalue weighted by Crippen LogP contribution is 2.22. The summed E-state index contributed by atoms with van der Waals surface area (Å²) in [6.07, 6.45) is 3.59. The smallest absolute Gasteiger partial charge is 0.323 e. The molecule has 0 saturated carbocycles. The summed E-state index contributed by atoms with van der Waals surface area (Å²) in [6.45, 7) is 3.18. The van der Waals surface area contributed by atoms with Gasteiger partial charge in [0.05, 0.1) is 0 Å². The first-order valence-electron chi connectivity index (χ1n) is 6.99. The van der Waals surface area contributed by atoms with Gasteiger partial charge in [-0.1, -0.05) is 0 Å². The molecule has 2 rings (SSSR count). The molecule has 7 heteroatoms. The van der Waals surface area contributed by atoms with E-state index in [1.807, 2.05) is 12.1 Å². The normalized spacial score (nSPS) is 17.3. The van der Waals surface area contributed by atoms with E-state index in [2.05, 4.69) is 9.62 Å². The molecule has 1 unspecified atom stereocenters. The summed E-state index contributed by atoms with van der Waals surface area (Å²) in [6, 6.07) is 7.04. The standard InChI is InChI=1S/C14H20N2O4S/c1-11(14(17)18)21(19,20)15-12-5-7-13(8-6-12)16-9-3-2-4-10-16/h5-8,11,15H,2-4,9-10H2,1H3,(H,17,18). The van der Waals surface area contributed by atoms with Gasteiger partial charge in [-0.05, 0) is 50.5 Å². The summed E-state index contributed by atoms with van der Waals surface area (Å²) in [7, 11) is -3.91. The van der Waals surface area contributed by atoms with Gasteiger partial charge in [0, 0.05) is 24.5 Å². The molecule has 0 spiro atoms. The highest BCUT2D eigenvalue weighted by molar-refractivity contribution is 7.94. The van der Waals surface area contributed by atoms with E-state index in [1.165, 1.54) is 19.3 Å². The van der Waals surface area contributed by atoms with Crippen LogP contribution in [0.3, 0.4) is 0 Å². The number of hydrogen-bond acceptors (Lipinski definition) is 4. The van der Waals surface area contributed by atoms with Crippen LogP contribution >= 0.6 is 0 Å². The Morgan fingerprint density at radius 2 is 1.76 bits per heavy atom. The Kier molecular flexibility index (Phi) is 4.72. The molecule has 0 amide bonds. The molecule has 21 heavy (non-hydrogen) atoms. The van der Waals surface area contributed by atoms with Crippen LogP contribution in [-0.4, -0.2) is 37.8 Å². The molecule has 1 heterocycles. The molecule has 0 aromatic heterocycles. The van der Waals surface area contributed by atoms with Gasteiger partial charge in [-0.25, -0.2) is 8.42 Å². The van der Waals surface area contributed by atoms with Crippen molar-refractivity contribution in [2.24, 2.45) is 0 Å². The lowest BCUT2D eigenvalue weighted by molar-refractivity contribution is -0.136. The molecular weight excluding hydrogens is 292 g/mol. The third-order valence-electron chi connectivity index (χ3n) is 3.66. The first kappa shape index (κ1) is 15.6. The average molecular weight is 312 g/mol. The Morgan fingerprint density at radius 1 is 1.19 bits per heavy atom. The maximum Gasteiger partial charge on any atom is 0.323 e. The topological polar surface area (TPSA) is 86.7 Å². The largest absolute Gasteiger partial charge is 0.480 e. The van der Waals surface area contributed by atoms with Gasteiger partial charge in [-0.2, -0.15) is 0 Å². The number of benzene rings is 1. The Balaban J connectivity index is 2.07. The Labute approximate surface area is 124 Å². The van der Waals surface area contributed by atoms with Crippen LogP contribution in [0.15, 0.2) is 24.3 Å². The van der Waals surface area contributed by atoms with E-state index in [0.29, 0.717) is 5.69 Å². The van der Waals surface area contributed by atoms with Gasteiger partial charge in [-0.3, -0.25) is 9.52 Å². The second-order valence-corrected chi connectivity index (χ2v) is 7.22. The predicted molar refractivity (Wildman–Crippen MR) is 82.1 cm³/mol. The first-order valence-corrected chi connectivity index (χ1v) is 8.54. The van der Waals surface area contributed by atoms with E-state index in [0.717, 1.165) is 25.7 Å². The van der Waals surface area contributed by atoms with E-state index in [9.17, 15) is 13.2 Å². The molecule has 0 radical (unpaired) electrons. The molecule has 1 aromatic rings. The van der Waals surface area contributed by atoms with Crippen molar-refractivity contribution in [2.45, 2.75) is 31.4 Å². The third kappa shape index (κ3) is 3.87. The van der Waals surface area contributed by atoms with Crippen LogP contribution in [0.1, 0.15) is 26.2 Å². The quantitative estimate of drug-likeness (QED) is 0.867. The molecule has 2 N–H and O–H groups in total. The van der Waals surface area contributed by atoms with Crippen molar-refractivity contribution >= 4 is 27.4 Å². The molecule has 0 bridgehead atoms. The first-order chi connectivity index (χ1) is 9.90. The van der Waals surface area contributed by atoms with Gasteiger partial charge < -0.3 is 10.0 Å². The number of carboxylic acid groups (broad SMARTS) is 1. The fourth-order valence-electron chi connectivity index (χ4n) is 2.28. The van der Waals surface area contributed by atoms with Crippen molar-refractivity contribution in [3.05, 3.63) is 24.3 Å². The SMILES string of the molecule is CC(C(=O)O)S(=O)(=O)Nc1ccc(N2CCCCC2)cc1. The van der Waals surface area contributed by atoms with Crippen LogP contribution in [0.2, 0.25) is 0 Å². The number of rotatable bonds is 5. The summed E-state index contributed by atoms with van der Waals surface area (Å²) in [5.74, 6) is -1.37. The van der Waals surface area contributed by atoms with E-state index >= 15 is 0 Å². The van der Waals surface area contributed by atoms with Crippen LogP contribution in [0.25, 0.3) is 0 Å². The summed E-state index contributed by atoms with van der Waals surface area (Å²) in [5.41, 5.74) is 1.44. The molecule has 1 aliphatic rings. The lowest BCUT2D eigenvalue weighted by Gasteiger charge is -2.28. The van der Waals surface area contributed by atoms with Gasteiger partial charge >= 0.3 is 5.97 Å². The van der Waals surface area contributed by atoms with Crippen molar-refractivity contribution in [1.29, 1.82) is 0 Å². The van der Waals surface area contributed by atoms with Gasteiger partial charge in [0.15, 0.2) is 5.25 Å². The monoisotopic (exact) mass is 312 g/mol. The lowest BCUT2D eigenvalue weighted by atomic mass is 10.1. The molecule has 1 aromatic carbocycles. The highest BCUT2D eigenvalue weighted by atomic mass is 32.2. The molecule has 116 valence electrons. The van der Waals surface area contributed by atoms with E-state index in [4.69, 9.17) is 5.11 Å². The second-order valence-electron chi connectivity index (χ2n) is 5.22. The van der Waals surface area contributed by atoms with Gasteiger partial charge in [0.2, 0.25) is 10.0 Å². The van der Waals surface area contributed by atoms with Crippen molar-refractivity contribution < 1.29 is 18.3 Å². The van der Waals surface area contributed by atoms with Crippen molar-refractivity contribution in [2.75, 3.05) is 22.7 Å². The van der Waals surface area contributed by atoms with Crippen molar-refractivity contribution in [3.8, 4) is 0 Å². The summed E-state index contributed by atoms with van der Waals surface area (Å²) >= 11 is 0. The molecular formula is C14H20N2O4S. The Morgan fingerprint density at radius 3 is 2.29 bits per heavy atom. The molecule has 1 atom stereocenters.